The first-order chi connectivity index (χ1) is 22.6. The summed E-state index contributed by atoms with van der Waals surface area (Å²) in [6.45, 7) is 8.15. The molecule has 0 fully saturated rings. The van der Waals surface area contributed by atoms with Crippen LogP contribution in [-0.2, 0) is 0 Å². The number of benzene rings is 3. The Morgan fingerprint density at radius 2 is 1.37 bits per heavy atom. The second-order valence-electron chi connectivity index (χ2n) is 11.1. The maximum Gasteiger partial charge on any atom is 0.181 e. The molecule has 222 valence electrons. The Morgan fingerprint density at radius 1 is 0.717 bits per heavy atom. The van der Waals surface area contributed by atoms with Gasteiger partial charge in [0.05, 0.1) is 22.2 Å². The van der Waals surface area contributed by atoms with E-state index >= 15 is 0 Å². The lowest BCUT2D eigenvalue weighted by atomic mass is 10.1. The van der Waals surface area contributed by atoms with Crippen molar-refractivity contribution in [3.05, 3.63) is 140 Å². The highest BCUT2D eigenvalue weighted by atomic mass is 15.2. The molecule has 3 aromatic carbocycles. The molecule has 0 atom stereocenters. The van der Waals surface area contributed by atoms with Crippen LogP contribution < -0.4 is 0 Å². The second-order valence-corrected chi connectivity index (χ2v) is 11.1. The van der Waals surface area contributed by atoms with Crippen molar-refractivity contribution in [2.45, 2.75) is 13.8 Å². The van der Waals surface area contributed by atoms with E-state index in [2.05, 4.69) is 80.7 Å². The summed E-state index contributed by atoms with van der Waals surface area (Å²) >= 11 is 0. The highest BCUT2D eigenvalue weighted by molar-refractivity contribution is 6.16. The maximum absolute atomic E-state index is 8.71. The summed E-state index contributed by atoms with van der Waals surface area (Å²) in [5.74, 6) is 2.74. The Kier molecular flexibility index (Phi) is 6.35. The molecule has 46 heavy (non-hydrogen) atoms. The third-order valence-electron chi connectivity index (χ3n) is 8.58. The number of aromatic nitrogens is 7. The van der Waals surface area contributed by atoms with Crippen molar-refractivity contribution in [2.75, 3.05) is 0 Å². The van der Waals surface area contributed by atoms with E-state index in [1.54, 1.807) is 6.20 Å². The molecule has 0 aliphatic carbocycles. The minimum atomic E-state index is 0.426. The van der Waals surface area contributed by atoms with Gasteiger partial charge in [0.25, 0.3) is 0 Å². The molecule has 8 nitrogen and oxygen atoms in total. The molecule has 8 aromatic rings. The number of nitrogens with one attached hydrogen (secondary N) is 1. The summed E-state index contributed by atoms with van der Waals surface area (Å²) in [7, 11) is 0. The Labute approximate surface area is 265 Å². The number of fused-ring (bicyclic) bond motifs is 4. The summed E-state index contributed by atoms with van der Waals surface area (Å²) in [4.78, 5) is 14.2. The van der Waals surface area contributed by atoms with Gasteiger partial charge >= 0.3 is 0 Å². The Hall–Kier alpha value is -6.28. The predicted molar refractivity (Wildman–Crippen MR) is 187 cm³/mol. The Morgan fingerprint density at radius 3 is 2.04 bits per heavy atom. The Balaban J connectivity index is 1.25. The average molecular weight is 599 g/mol. The first-order valence-electron chi connectivity index (χ1n) is 15.1. The van der Waals surface area contributed by atoms with Crippen molar-refractivity contribution >= 4 is 44.6 Å². The van der Waals surface area contributed by atoms with Crippen LogP contribution >= 0.6 is 0 Å². The molecule has 0 amide bonds. The van der Waals surface area contributed by atoms with Gasteiger partial charge in [0.2, 0.25) is 0 Å². The van der Waals surface area contributed by atoms with Gasteiger partial charge in [-0.15, -0.1) is 0 Å². The molecular weight excluding hydrogens is 568 g/mol. The number of allylic oxidation sites excluding steroid dienone is 2. The topological polar surface area (TPSA) is 82.2 Å². The molecule has 0 aliphatic heterocycles. The van der Waals surface area contributed by atoms with Crippen LogP contribution in [0, 0.1) is 12.3 Å². The molecule has 1 N–H and O–H groups in total. The van der Waals surface area contributed by atoms with E-state index < -0.39 is 0 Å². The predicted octanol–water partition coefficient (Wildman–Crippen LogP) is 8.52. The molecule has 0 aliphatic rings. The molecule has 0 unspecified atom stereocenters. The average Bonchev–Trinajstić information content (AvgIpc) is 3.88. The van der Waals surface area contributed by atoms with Crippen LogP contribution in [-0.4, -0.2) is 39.1 Å². The number of nitrogens with zero attached hydrogens (tertiary/aromatic N) is 7. The number of rotatable bonds is 6. The highest BCUT2D eigenvalue weighted by Gasteiger charge is 2.19. The van der Waals surface area contributed by atoms with E-state index in [-0.39, 0.29) is 0 Å². The number of para-hydroxylation sites is 1. The summed E-state index contributed by atoms with van der Waals surface area (Å²) in [6, 6.07) is 26.9. The van der Waals surface area contributed by atoms with Gasteiger partial charge in [0, 0.05) is 58.5 Å². The molecule has 8 heteroatoms. The highest BCUT2D eigenvalue weighted by Crippen LogP contribution is 2.34. The van der Waals surface area contributed by atoms with Crippen molar-refractivity contribution in [3.8, 4) is 28.8 Å². The van der Waals surface area contributed by atoms with Crippen LogP contribution in [0.2, 0.25) is 0 Å². The lowest BCUT2D eigenvalue weighted by Gasteiger charge is -2.12. The van der Waals surface area contributed by atoms with Gasteiger partial charge in [-0.25, -0.2) is 15.0 Å². The van der Waals surface area contributed by atoms with E-state index in [1.165, 1.54) is 0 Å². The minimum Gasteiger partial charge on any atom is -0.297 e. The fraction of sp³-hybridized carbons (Fsp3) is 0.0526. The van der Waals surface area contributed by atoms with Gasteiger partial charge in [-0.1, -0.05) is 36.9 Å². The summed E-state index contributed by atoms with van der Waals surface area (Å²) in [6.07, 6.45) is 15.0. The molecule has 8 rings (SSSR count). The number of pyridine rings is 1. The van der Waals surface area contributed by atoms with Crippen molar-refractivity contribution in [3.63, 3.8) is 0 Å². The summed E-state index contributed by atoms with van der Waals surface area (Å²) in [5.41, 5.74) is 7.14. The van der Waals surface area contributed by atoms with Crippen LogP contribution in [0.4, 0.5) is 0 Å². The van der Waals surface area contributed by atoms with Crippen molar-refractivity contribution in [2.24, 2.45) is 0 Å². The van der Waals surface area contributed by atoms with Crippen molar-refractivity contribution in [1.82, 2.24) is 33.2 Å². The maximum atomic E-state index is 8.71. The molecular formula is C38H30N8. The molecule has 5 heterocycles. The van der Waals surface area contributed by atoms with Crippen LogP contribution in [0.25, 0.3) is 67.6 Å². The quantitative estimate of drug-likeness (QED) is 0.154. The minimum absolute atomic E-state index is 0.426. The fourth-order valence-electron chi connectivity index (χ4n) is 6.54. The smallest absolute Gasteiger partial charge is 0.181 e. The normalized spacial score (nSPS) is 11.8. The van der Waals surface area contributed by atoms with E-state index in [1.807, 2.05) is 84.8 Å². The summed E-state index contributed by atoms with van der Waals surface area (Å²) < 4.78 is 8.29. The third kappa shape index (κ3) is 4.07. The van der Waals surface area contributed by atoms with Gasteiger partial charge in [-0.3, -0.25) is 23.7 Å². The second kappa shape index (κ2) is 10.7. The van der Waals surface area contributed by atoms with Gasteiger partial charge in [-0.2, -0.15) is 0 Å². The third-order valence-corrected chi connectivity index (χ3v) is 8.58. The molecule has 0 spiro atoms. The van der Waals surface area contributed by atoms with Gasteiger partial charge in [-0.05, 0) is 86.2 Å². The molecule has 0 saturated heterocycles. The molecule has 0 saturated carbocycles. The number of hydrogen-bond donors (Lipinski definition) is 1. The molecule has 0 radical (unpaired) electrons. The van der Waals surface area contributed by atoms with Crippen LogP contribution in [0.1, 0.15) is 18.2 Å². The first-order valence-corrected chi connectivity index (χ1v) is 15.1. The van der Waals surface area contributed by atoms with Crippen molar-refractivity contribution in [1.29, 1.82) is 5.41 Å². The standard InChI is InChI=1S/C38H30N8/c1-4-10-35(39)45-32-12-7-6-11-28(32)30-24-27(15-17-34(30)45)44-22-20-42-38(44)37-41-19-21-43(37)26-14-16-33-29(23-26)25(3)31(5-2)46(33)36-13-8-9-18-40-36/h4-24,39H,2H2,1,3H3/b10-4-,39-35?. The van der Waals surface area contributed by atoms with E-state index in [0.717, 1.165) is 72.8 Å². The summed E-state index contributed by atoms with van der Waals surface area (Å²) in [5, 5.41) is 12.0. The van der Waals surface area contributed by atoms with E-state index in [0.29, 0.717) is 5.84 Å². The number of hydrogen-bond acceptors (Lipinski definition) is 4. The fourth-order valence-corrected chi connectivity index (χ4v) is 6.54. The zero-order valence-electron chi connectivity index (χ0n) is 25.5. The van der Waals surface area contributed by atoms with Crippen molar-refractivity contribution < 1.29 is 0 Å². The largest absolute Gasteiger partial charge is 0.297 e. The number of imidazole rings is 2. The van der Waals surface area contributed by atoms with Crippen LogP contribution in [0.3, 0.4) is 0 Å². The van der Waals surface area contributed by atoms with Gasteiger partial charge < -0.3 is 0 Å². The van der Waals surface area contributed by atoms with Crippen LogP contribution in [0.15, 0.2) is 129 Å². The van der Waals surface area contributed by atoms with Gasteiger partial charge in [0.1, 0.15) is 11.7 Å². The SMILES string of the molecule is C=Cc1c(C)c2cc(-n3ccnc3-c3nccn3-c3ccc4c(c3)c3ccccc3n4C(=N)/C=C\C)ccc2n1-c1ccccn1. The van der Waals surface area contributed by atoms with E-state index in [9.17, 15) is 0 Å². The zero-order chi connectivity index (χ0) is 31.4. The molecule has 0 bridgehead atoms. The lowest BCUT2D eigenvalue weighted by Crippen LogP contribution is -2.06. The van der Waals surface area contributed by atoms with Gasteiger partial charge in [0.15, 0.2) is 11.6 Å². The first kappa shape index (κ1) is 27.3. The van der Waals surface area contributed by atoms with Crippen LogP contribution in [0.5, 0.6) is 0 Å². The zero-order valence-corrected chi connectivity index (χ0v) is 25.5. The lowest BCUT2D eigenvalue weighted by molar-refractivity contribution is 0.989. The number of aryl methyl sites for hydroxylation is 1. The molecule has 5 aromatic heterocycles. The monoisotopic (exact) mass is 598 g/mol. The van der Waals surface area contributed by atoms with E-state index in [4.69, 9.17) is 15.4 Å². The Bertz CT molecular complexity index is 2480.